The van der Waals surface area contributed by atoms with Crippen LogP contribution in [-0.4, -0.2) is 59.5 Å². The number of amides is 1. The second-order valence-corrected chi connectivity index (χ2v) is 8.77. The molecule has 2 heterocycles. The fourth-order valence-corrected chi connectivity index (χ4v) is 4.28. The molecular formula is C23H23F4N5O2S. The SMILES string of the molecule is CCN1CCN(c2ccc(C(F)(F)F)cc2NC(=O)CSc2nnc(-c3ccccc3F)o2)CC1. The van der Waals surface area contributed by atoms with Crippen molar-refractivity contribution in [3.63, 3.8) is 0 Å². The average Bonchev–Trinajstić information content (AvgIpc) is 3.31. The predicted molar refractivity (Wildman–Crippen MR) is 125 cm³/mol. The van der Waals surface area contributed by atoms with E-state index in [1.54, 1.807) is 6.07 Å². The van der Waals surface area contributed by atoms with Crippen LogP contribution in [0, 0.1) is 5.82 Å². The van der Waals surface area contributed by atoms with Crippen molar-refractivity contribution in [2.75, 3.05) is 48.7 Å². The van der Waals surface area contributed by atoms with Crippen LogP contribution in [0.25, 0.3) is 11.5 Å². The molecule has 0 saturated carbocycles. The molecule has 1 fully saturated rings. The molecule has 35 heavy (non-hydrogen) atoms. The van der Waals surface area contributed by atoms with Crippen LogP contribution >= 0.6 is 11.8 Å². The summed E-state index contributed by atoms with van der Waals surface area (Å²) in [6.45, 7) is 5.79. The number of anilines is 2. The number of aromatic nitrogens is 2. The minimum absolute atomic E-state index is 0.0302. The zero-order valence-electron chi connectivity index (χ0n) is 18.8. The van der Waals surface area contributed by atoms with E-state index < -0.39 is 23.5 Å². The van der Waals surface area contributed by atoms with Gasteiger partial charge in [-0.1, -0.05) is 30.8 Å². The van der Waals surface area contributed by atoms with E-state index in [2.05, 4.69) is 27.3 Å². The summed E-state index contributed by atoms with van der Waals surface area (Å²) in [5.41, 5.74) is -0.0874. The Balaban J connectivity index is 1.45. The second kappa shape index (κ2) is 10.6. The topological polar surface area (TPSA) is 74.5 Å². The Morgan fingerprint density at radius 2 is 1.86 bits per heavy atom. The number of likely N-dealkylation sites (N-methyl/N-ethyl adjacent to an activating group) is 1. The summed E-state index contributed by atoms with van der Waals surface area (Å²) in [7, 11) is 0. The molecule has 1 N–H and O–H groups in total. The van der Waals surface area contributed by atoms with Gasteiger partial charge in [0.15, 0.2) is 0 Å². The molecular weight excluding hydrogens is 486 g/mol. The van der Waals surface area contributed by atoms with Crippen LogP contribution in [0.5, 0.6) is 0 Å². The Labute approximate surface area is 203 Å². The normalized spacial score (nSPS) is 14.8. The molecule has 1 aliphatic rings. The molecule has 186 valence electrons. The summed E-state index contributed by atoms with van der Waals surface area (Å²) >= 11 is 0.906. The number of carbonyl (C=O) groups is 1. The van der Waals surface area contributed by atoms with Crippen molar-refractivity contribution in [3.8, 4) is 11.5 Å². The maximum Gasteiger partial charge on any atom is 0.416 e. The first-order valence-corrected chi connectivity index (χ1v) is 11.9. The number of benzene rings is 2. The van der Waals surface area contributed by atoms with Gasteiger partial charge in [0.1, 0.15) is 5.82 Å². The summed E-state index contributed by atoms with van der Waals surface area (Å²) in [5.74, 6) is -1.27. The van der Waals surface area contributed by atoms with Crippen molar-refractivity contribution in [1.29, 1.82) is 0 Å². The molecule has 1 amide bonds. The molecule has 2 aromatic carbocycles. The maximum atomic E-state index is 13.9. The molecule has 0 bridgehead atoms. The Hall–Kier alpha value is -3.12. The zero-order valence-corrected chi connectivity index (χ0v) is 19.6. The Kier molecular flexibility index (Phi) is 7.60. The number of nitrogens with zero attached hydrogens (tertiary/aromatic N) is 4. The van der Waals surface area contributed by atoms with Gasteiger partial charge in [-0.25, -0.2) is 4.39 Å². The number of rotatable bonds is 7. The van der Waals surface area contributed by atoms with Crippen molar-refractivity contribution in [3.05, 3.63) is 53.8 Å². The van der Waals surface area contributed by atoms with Crippen molar-refractivity contribution in [2.45, 2.75) is 18.3 Å². The third kappa shape index (κ3) is 6.12. The van der Waals surface area contributed by atoms with Crippen LogP contribution in [0.3, 0.4) is 0 Å². The molecule has 1 saturated heterocycles. The lowest BCUT2D eigenvalue weighted by atomic mass is 10.1. The van der Waals surface area contributed by atoms with Gasteiger partial charge in [0, 0.05) is 26.2 Å². The van der Waals surface area contributed by atoms with E-state index in [1.807, 2.05) is 4.90 Å². The molecule has 3 aromatic rings. The minimum Gasteiger partial charge on any atom is -0.411 e. The standard InChI is InChI=1S/C23H23F4N5O2S/c1-2-31-9-11-32(12-10-31)19-8-7-15(23(25,26)27)13-18(19)28-20(33)14-35-22-30-29-21(34-22)16-5-3-4-6-17(16)24/h3-8,13H,2,9-12,14H2,1H3,(H,28,33). The molecule has 12 heteroatoms. The van der Waals surface area contributed by atoms with Gasteiger partial charge >= 0.3 is 6.18 Å². The number of thioether (sulfide) groups is 1. The number of piperazine rings is 1. The number of alkyl halides is 3. The zero-order chi connectivity index (χ0) is 25.0. The molecule has 4 rings (SSSR count). The molecule has 0 aliphatic carbocycles. The van der Waals surface area contributed by atoms with E-state index in [0.717, 1.165) is 43.5 Å². The lowest BCUT2D eigenvalue weighted by molar-refractivity contribution is -0.137. The maximum absolute atomic E-state index is 13.9. The molecule has 1 aromatic heterocycles. The quantitative estimate of drug-likeness (QED) is 0.363. The smallest absolute Gasteiger partial charge is 0.411 e. The highest BCUT2D eigenvalue weighted by Crippen LogP contribution is 2.36. The highest BCUT2D eigenvalue weighted by atomic mass is 32.2. The second-order valence-electron chi connectivity index (χ2n) is 7.84. The van der Waals surface area contributed by atoms with Crippen molar-refractivity contribution < 1.29 is 26.8 Å². The van der Waals surface area contributed by atoms with Gasteiger partial charge in [0.2, 0.25) is 5.91 Å². The molecule has 0 spiro atoms. The van der Waals surface area contributed by atoms with E-state index in [4.69, 9.17) is 4.42 Å². The summed E-state index contributed by atoms with van der Waals surface area (Å²) in [5, 5.41) is 10.2. The summed E-state index contributed by atoms with van der Waals surface area (Å²) < 4.78 is 59.3. The van der Waals surface area contributed by atoms with Gasteiger partial charge < -0.3 is 19.5 Å². The predicted octanol–water partition coefficient (Wildman–Crippen LogP) is 4.77. The largest absolute Gasteiger partial charge is 0.416 e. The first-order valence-electron chi connectivity index (χ1n) is 10.9. The van der Waals surface area contributed by atoms with Crippen molar-refractivity contribution in [1.82, 2.24) is 15.1 Å². The Morgan fingerprint density at radius 1 is 1.11 bits per heavy atom. The highest BCUT2D eigenvalue weighted by molar-refractivity contribution is 7.99. The lowest BCUT2D eigenvalue weighted by Gasteiger charge is -2.36. The summed E-state index contributed by atoms with van der Waals surface area (Å²) in [6.07, 6.45) is -4.54. The van der Waals surface area contributed by atoms with Crippen LogP contribution in [0.4, 0.5) is 28.9 Å². The number of carbonyl (C=O) groups excluding carboxylic acids is 1. The van der Waals surface area contributed by atoms with Crippen LogP contribution in [0.2, 0.25) is 0 Å². The van der Waals surface area contributed by atoms with Gasteiger partial charge in [-0.2, -0.15) is 13.2 Å². The molecule has 1 aliphatic heterocycles. The van der Waals surface area contributed by atoms with E-state index >= 15 is 0 Å². The first kappa shape index (κ1) is 25.0. The van der Waals surface area contributed by atoms with Gasteiger partial charge in [0.05, 0.1) is 28.3 Å². The van der Waals surface area contributed by atoms with Gasteiger partial charge in [-0.3, -0.25) is 4.79 Å². The highest BCUT2D eigenvalue weighted by Gasteiger charge is 2.32. The third-order valence-corrected chi connectivity index (χ3v) is 6.41. The number of nitrogens with one attached hydrogen (secondary N) is 1. The number of halogens is 4. The monoisotopic (exact) mass is 509 g/mol. The Bertz CT molecular complexity index is 1180. The van der Waals surface area contributed by atoms with Crippen molar-refractivity contribution in [2.24, 2.45) is 0 Å². The fraction of sp³-hybridized carbons (Fsp3) is 0.348. The van der Waals surface area contributed by atoms with E-state index in [-0.39, 0.29) is 28.1 Å². The van der Waals surface area contributed by atoms with Crippen LogP contribution in [0.1, 0.15) is 12.5 Å². The first-order chi connectivity index (χ1) is 16.7. The number of hydrogen-bond acceptors (Lipinski definition) is 7. The van der Waals surface area contributed by atoms with Gasteiger partial charge in [0.25, 0.3) is 11.1 Å². The van der Waals surface area contributed by atoms with Gasteiger partial charge in [-0.15, -0.1) is 10.2 Å². The number of hydrogen-bond donors (Lipinski definition) is 1. The average molecular weight is 510 g/mol. The lowest BCUT2D eigenvalue weighted by Crippen LogP contribution is -2.46. The third-order valence-electron chi connectivity index (χ3n) is 5.60. The van der Waals surface area contributed by atoms with Crippen LogP contribution in [0.15, 0.2) is 52.1 Å². The van der Waals surface area contributed by atoms with E-state index in [9.17, 15) is 22.4 Å². The molecule has 0 atom stereocenters. The molecule has 0 unspecified atom stereocenters. The van der Waals surface area contributed by atoms with E-state index in [0.29, 0.717) is 18.8 Å². The fourth-order valence-electron chi connectivity index (χ4n) is 3.72. The molecule has 7 nitrogen and oxygen atoms in total. The van der Waals surface area contributed by atoms with Crippen molar-refractivity contribution >= 4 is 29.0 Å². The Morgan fingerprint density at radius 3 is 2.54 bits per heavy atom. The minimum atomic E-state index is -4.54. The van der Waals surface area contributed by atoms with E-state index in [1.165, 1.54) is 24.3 Å². The summed E-state index contributed by atoms with van der Waals surface area (Å²) in [6, 6.07) is 9.26. The molecule has 0 radical (unpaired) electrons. The van der Waals surface area contributed by atoms with Gasteiger partial charge in [-0.05, 0) is 36.9 Å². The van der Waals surface area contributed by atoms with Crippen LogP contribution < -0.4 is 10.2 Å². The van der Waals surface area contributed by atoms with Crippen LogP contribution in [-0.2, 0) is 11.0 Å². The summed E-state index contributed by atoms with van der Waals surface area (Å²) in [4.78, 5) is 16.8.